The summed E-state index contributed by atoms with van der Waals surface area (Å²) in [6.45, 7) is 13.3. The molecule has 0 spiro atoms. The average Bonchev–Trinajstić information content (AvgIpc) is 3.12. The van der Waals surface area contributed by atoms with Gasteiger partial charge in [0.05, 0.1) is 5.38 Å². The van der Waals surface area contributed by atoms with Crippen LogP contribution in [0.1, 0.15) is 58.2 Å². The maximum Gasteiger partial charge on any atom is 0.584 e. The van der Waals surface area contributed by atoms with Gasteiger partial charge in [-0.1, -0.05) is 71.1 Å². The molecule has 0 saturated carbocycles. The van der Waals surface area contributed by atoms with Crippen LogP contribution in [-0.2, 0) is 21.9 Å². The Morgan fingerprint density at radius 2 is 1.55 bits per heavy atom. The van der Waals surface area contributed by atoms with Crippen LogP contribution in [0.5, 0.6) is 11.5 Å². The monoisotopic (exact) mass is 460 g/mol. The van der Waals surface area contributed by atoms with E-state index in [0.717, 1.165) is 16.7 Å². The highest BCUT2D eigenvalue weighted by Crippen LogP contribution is 2.46. The first kappa shape index (κ1) is 23.5. The van der Waals surface area contributed by atoms with Crippen LogP contribution in [0.2, 0.25) is 0 Å². The molecule has 1 N–H and O–H groups in total. The fourth-order valence-electron chi connectivity index (χ4n) is 3.07. The van der Waals surface area contributed by atoms with Crippen LogP contribution in [0.4, 0.5) is 0 Å². The van der Waals surface area contributed by atoms with Crippen molar-refractivity contribution in [2.75, 3.05) is 0 Å². The van der Waals surface area contributed by atoms with Gasteiger partial charge in [0.1, 0.15) is 11.5 Å². The molecular formula is C24H31NO4PS+. The van der Waals surface area contributed by atoms with E-state index in [-0.39, 0.29) is 10.8 Å². The third-order valence-corrected chi connectivity index (χ3v) is 6.43. The highest BCUT2D eigenvalue weighted by molar-refractivity contribution is 7.48. The van der Waals surface area contributed by atoms with Crippen LogP contribution < -0.4 is 13.6 Å². The summed E-state index contributed by atoms with van der Waals surface area (Å²) in [6.07, 6.45) is 1.98. The van der Waals surface area contributed by atoms with Gasteiger partial charge in [-0.05, 0) is 46.2 Å². The minimum Gasteiger partial charge on any atom is -0.395 e. The number of phosphoric acid groups is 1. The summed E-state index contributed by atoms with van der Waals surface area (Å²) < 4.78 is 25.8. The van der Waals surface area contributed by atoms with Crippen molar-refractivity contribution in [2.45, 2.75) is 58.9 Å². The Balaban J connectivity index is 1.83. The number of hydrogen-bond donors (Lipinski definition) is 1. The molecule has 0 bridgehead atoms. The quantitative estimate of drug-likeness (QED) is 0.350. The summed E-state index contributed by atoms with van der Waals surface area (Å²) in [5.74, 6) is 0.621. The molecule has 5 nitrogen and oxygen atoms in total. The second-order valence-corrected chi connectivity index (χ2v) is 11.8. The maximum atomic E-state index is 12.8. The minimum absolute atomic E-state index is 0.132. The highest BCUT2D eigenvalue weighted by atomic mass is 32.1. The first-order valence-electron chi connectivity index (χ1n) is 10.2. The summed E-state index contributed by atoms with van der Waals surface area (Å²) in [5, 5.41) is 1.99. The predicted molar refractivity (Wildman–Crippen MR) is 125 cm³/mol. The second kappa shape index (κ2) is 8.78. The molecule has 3 aromatic rings. The second-order valence-electron chi connectivity index (χ2n) is 9.74. The third kappa shape index (κ3) is 6.67. The smallest absolute Gasteiger partial charge is 0.395 e. The van der Waals surface area contributed by atoms with Crippen LogP contribution in [0.3, 0.4) is 0 Å². The van der Waals surface area contributed by atoms with Gasteiger partial charge in [0.2, 0.25) is 5.51 Å². The number of rotatable bonds is 6. The van der Waals surface area contributed by atoms with Crippen molar-refractivity contribution in [1.82, 2.24) is 0 Å². The number of benzene rings is 2. The molecule has 0 aliphatic heterocycles. The lowest BCUT2D eigenvalue weighted by atomic mass is 9.80. The molecule has 0 radical (unpaired) electrons. The fourth-order valence-corrected chi connectivity index (χ4v) is 4.45. The van der Waals surface area contributed by atoms with Crippen molar-refractivity contribution in [3.63, 3.8) is 0 Å². The molecule has 31 heavy (non-hydrogen) atoms. The molecular weight excluding hydrogens is 429 g/mol. The first-order chi connectivity index (χ1) is 14.3. The van der Waals surface area contributed by atoms with Crippen LogP contribution in [0.15, 0.2) is 59.6 Å². The van der Waals surface area contributed by atoms with Crippen LogP contribution in [0, 0.1) is 0 Å². The molecule has 1 atom stereocenters. The molecule has 3 rings (SSSR count). The van der Waals surface area contributed by atoms with E-state index in [4.69, 9.17) is 9.05 Å². The Hall–Kier alpha value is -2.14. The summed E-state index contributed by atoms with van der Waals surface area (Å²) in [6, 6.07) is 12.9. The largest absolute Gasteiger partial charge is 0.584 e. The van der Waals surface area contributed by atoms with Crippen molar-refractivity contribution in [1.29, 1.82) is 0 Å². The first-order valence-corrected chi connectivity index (χ1v) is 12.6. The molecule has 0 saturated heterocycles. The molecule has 2 aromatic carbocycles. The zero-order valence-electron chi connectivity index (χ0n) is 19.0. The SMILES string of the molecule is CC(C)(C)c1cc(OP(=O)(O)Oc2cccc(C[n+]3ccsc3)c2)cc(C(C)(C)C)c1. The maximum absolute atomic E-state index is 12.8. The normalized spacial score (nSPS) is 14.2. The van der Waals surface area contributed by atoms with Crippen molar-refractivity contribution in [3.05, 3.63) is 76.2 Å². The van der Waals surface area contributed by atoms with Gasteiger partial charge in [-0.3, -0.25) is 4.89 Å². The number of phosphoric ester groups is 1. The molecule has 0 aliphatic rings. The van der Waals surface area contributed by atoms with E-state index in [1.54, 1.807) is 29.5 Å². The molecule has 7 heteroatoms. The van der Waals surface area contributed by atoms with E-state index in [1.165, 1.54) is 0 Å². The van der Waals surface area contributed by atoms with Crippen molar-refractivity contribution in [3.8, 4) is 11.5 Å². The van der Waals surface area contributed by atoms with Gasteiger partial charge < -0.3 is 9.05 Å². The van der Waals surface area contributed by atoms with Gasteiger partial charge in [0, 0.05) is 5.56 Å². The van der Waals surface area contributed by atoms with E-state index in [2.05, 4.69) is 47.6 Å². The fraction of sp³-hybridized carbons (Fsp3) is 0.375. The Kier molecular flexibility index (Phi) is 6.66. The topological polar surface area (TPSA) is 59.6 Å². The van der Waals surface area contributed by atoms with Crippen molar-refractivity contribution in [2.24, 2.45) is 0 Å². The van der Waals surface area contributed by atoms with Crippen molar-refractivity contribution >= 4 is 19.2 Å². The Morgan fingerprint density at radius 3 is 2.10 bits per heavy atom. The van der Waals surface area contributed by atoms with Crippen LogP contribution in [-0.4, -0.2) is 4.89 Å². The standard InChI is InChI=1S/C24H30NO4PS/c1-23(2,3)19-13-20(24(4,5)6)15-22(14-19)29-30(26,27)28-21-9-7-8-18(12-21)16-25-10-11-31-17-25/h7-15,17H,16H2,1-6H3/p+1. The number of thiazole rings is 1. The van der Waals surface area contributed by atoms with E-state index in [1.807, 2.05) is 39.9 Å². The lowest BCUT2D eigenvalue weighted by Crippen LogP contribution is -2.30. The molecule has 1 unspecified atom stereocenters. The Labute approximate surface area is 188 Å². The Morgan fingerprint density at radius 1 is 0.935 bits per heavy atom. The zero-order valence-corrected chi connectivity index (χ0v) is 20.7. The van der Waals surface area contributed by atoms with Gasteiger partial charge in [0.25, 0.3) is 0 Å². The highest BCUT2D eigenvalue weighted by Gasteiger charge is 2.28. The van der Waals surface area contributed by atoms with E-state index >= 15 is 0 Å². The summed E-state index contributed by atoms with van der Waals surface area (Å²) in [4.78, 5) is 10.5. The third-order valence-electron chi connectivity index (χ3n) is 4.87. The van der Waals surface area contributed by atoms with Gasteiger partial charge in [-0.25, -0.2) is 4.57 Å². The van der Waals surface area contributed by atoms with Crippen LogP contribution >= 0.6 is 19.2 Å². The molecule has 1 heterocycles. The van der Waals surface area contributed by atoms with Crippen LogP contribution in [0.25, 0.3) is 0 Å². The summed E-state index contributed by atoms with van der Waals surface area (Å²) in [7, 11) is -4.38. The van der Waals surface area contributed by atoms with E-state index in [0.29, 0.717) is 18.0 Å². The Bertz CT molecular complexity index is 1050. The van der Waals surface area contributed by atoms with Gasteiger partial charge in [-0.15, -0.1) is 0 Å². The van der Waals surface area contributed by atoms with E-state index in [9.17, 15) is 9.46 Å². The molecule has 1 aromatic heterocycles. The molecule has 166 valence electrons. The molecule has 0 fully saturated rings. The molecule has 0 aliphatic carbocycles. The van der Waals surface area contributed by atoms with Crippen molar-refractivity contribution < 1.29 is 23.1 Å². The van der Waals surface area contributed by atoms with Gasteiger partial charge in [-0.2, -0.15) is 4.57 Å². The summed E-state index contributed by atoms with van der Waals surface area (Å²) >= 11 is 1.61. The lowest BCUT2D eigenvalue weighted by molar-refractivity contribution is -0.683. The number of nitrogens with zero attached hydrogens (tertiary/aromatic N) is 1. The van der Waals surface area contributed by atoms with E-state index < -0.39 is 7.82 Å². The predicted octanol–water partition coefficient (Wildman–Crippen LogP) is 6.24. The number of hydrogen-bond acceptors (Lipinski definition) is 4. The lowest BCUT2D eigenvalue weighted by Gasteiger charge is -2.26. The van der Waals surface area contributed by atoms with Gasteiger partial charge >= 0.3 is 7.82 Å². The summed E-state index contributed by atoms with van der Waals surface area (Å²) in [5.41, 5.74) is 4.77. The number of aromatic nitrogens is 1. The van der Waals surface area contributed by atoms with Gasteiger partial charge in [0.15, 0.2) is 12.7 Å². The molecule has 0 amide bonds. The zero-order chi connectivity index (χ0) is 22.9. The minimum atomic E-state index is -4.38. The average molecular weight is 461 g/mol.